The standard InChI is InChI=1S/C20H16F2N2O3S/c21-17-11-15(12-18(22)13-17)14-28(25,26)24-9-1-2-10-27-19-7-3-5-16-6-4-8-23-20(16)19/h3-8,11-13,24H,9-10,14H2. The summed E-state index contributed by atoms with van der Waals surface area (Å²) in [6.07, 6.45) is 1.67. The summed E-state index contributed by atoms with van der Waals surface area (Å²) in [7, 11) is -3.77. The van der Waals surface area contributed by atoms with Crippen molar-refractivity contribution in [3.8, 4) is 17.6 Å². The molecule has 0 radical (unpaired) electrons. The Hall–Kier alpha value is -3.02. The average molecular weight is 402 g/mol. The van der Waals surface area contributed by atoms with E-state index in [2.05, 4.69) is 21.5 Å². The fourth-order valence-corrected chi connectivity index (χ4v) is 3.53. The molecule has 0 aliphatic heterocycles. The smallest absolute Gasteiger partial charge is 0.216 e. The number of benzene rings is 2. The van der Waals surface area contributed by atoms with Gasteiger partial charge in [-0.15, -0.1) is 0 Å². The van der Waals surface area contributed by atoms with Gasteiger partial charge < -0.3 is 4.74 Å². The van der Waals surface area contributed by atoms with E-state index < -0.39 is 27.4 Å². The molecule has 0 saturated carbocycles. The first-order chi connectivity index (χ1) is 13.4. The zero-order valence-corrected chi connectivity index (χ0v) is 15.5. The monoisotopic (exact) mass is 402 g/mol. The molecule has 1 heterocycles. The molecule has 144 valence electrons. The molecule has 3 aromatic rings. The molecule has 3 rings (SSSR count). The Kier molecular flexibility index (Phi) is 6.19. The molecule has 8 heteroatoms. The van der Waals surface area contributed by atoms with Crippen molar-refractivity contribution < 1.29 is 21.9 Å². The highest BCUT2D eigenvalue weighted by Crippen LogP contribution is 2.22. The number of ether oxygens (including phenoxy) is 1. The lowest BCUT2D eigenvalue weighted by molar-refractivity contribution is 0.374. The van der Waals surface area contributed by atoms with Crippen LogP contribution >= 0.6 is 0 Å². The van der Waals surface area contributed by atoms with Crippen LogP contribution in [-0.4, -0.2) is 26.6 Å². The van der Waals surface area contributed by atoms with E-state index in [0.717, 1.165) is 23.0 Å². The zero-order valence-electron chi connectivity index (χ0n) is 14.7. The van der Waals surface area contributed by atoms with Crippen molar-refractivity contribution in [1.29, 1.82) is 0 Å². The largest absolute Gasteiger partial charge is 0.479 e. The quantitative estimate of drug-likeness (QED) is 0.644. The lowest BCUT2D eigenvalue weighted by Gasteiger charge is -2.05. The van der Waals surface area contributed by atoms with Gasteiger partial charge >= 0.3 is 0 Å². The minimum atomic E-state index is -3.77. The molecule has 0 atom stereocenters. The normalized spacial score (nSPS) is 11.1. The highest BCUT2D eigenvalue weighted by Gasteiger charge is 2.12. The molecule has 0 spiro atoms. The van der Waals surface area contributed by atoms with Gasteiger partial charge in [0, 0.05) is 17.6 Å². The lowest BCUT2D eigenvalue weighted by Crippen LogP contribution is -2.25. The number of para-hydroxylation sites is 1. The summed E-state index contributed by atoms with van der Waals surface area (Å²) in [6.45, 7) is -0.0796. The number of nitrogens with one attached hydrogen (secondary N) is 1. The minimum Gasteiger partial charge on any atom is -0.479 e. The van der Waals surface area contributed by atoms with Crippen molar-refractivity contribution in [2.45, 2.75) is 5.75 Å². The SMILES string of the molecule is O=S(=O)(Cc1cc(F)cc(F)c1)NCC#CCOc1cccc2cccnc12. The maximum atomic E-state index is 13.1. The van der Waals surface area contributed by atoms with E-state index in [1.165, 1.54) is 0 Å². The maximum absolute atomic E-state index is 13.1. The number of hydrogen-bond acceptors (Lipinski definition) is 4. The summed E-state index contributed by atoms with van der Waals surface area (Å²) in [5, 5.41) is 0.939. The Morgan fingerprint density at radius 1 is 1.04 bits per heavy atom. The molecule has 0 aliphatic carbocycles. The Labute approximate surface area is 161 Å². The second kappa shape index (κ2) is 8.78. The highest BCUT2D eigenvalue weighted by atomic mass is 32.2. The molecule has 1 N–H and O–H groups in total. The van der Waals surface area contributed by atoms with Crippen molar-refractivity contribution in [2.75, 3.05) is 13.2 Å². The molecule has 28 heavy (non-hydrogen) atoms. The molecule has 1 aromatic heterocycles. The van der Waals surface area contributed by atoms with Gasteiger partial charge in [-0.3, -0.25) is 4.98 Å². The predicted octanol–water partition coefficient (Wildman–Crippen LogP) is 3.01. The number of halogens is 2. The minimum absolute atomic E-state index is 0.0183. The second-order valence-corrected chi connectivity index (χ2v) is 7.64. The lowest BCUT2D eigenvalue weighted by atomic mass is 10.2. The van der Waals surface area contributed by atoms with Gasteiger partial charge in [0.2, 0.25) is 10.0 Å². The number of pyridine rings is 1. The van der Waals surface area contributed by atoms with Gasteiger partial charge in [-0.1, -0.05) is 30.0 Å². The molecule has 5 nitrogen and oxygen atoms in total. The van der Waals surface area contributed by atoms with Crippen molar-refractivity contribution >= 4 is 20.9 Å². The number of aromatic nitrogens is 1. The summed E-state index contributed by atoms with van der Waals surface area (Å²) in [5.74, 6) is 3.73. The maximum Gasteiger partial charge on any atom is 0.216 e. The first-order valence-corrected chi connectivity index (χ1v) is 9.93. The van der Waals surface area contributed by atoms with E-state index in [1.54, 1.807) is 12.3 Å². The summed E-state index contributed by atoms with van der Waals surface area (Å²) < 4.78 is 58.0. The fraction of sp³-hybridized carbons (Fsp3) is 0.150. The first-order valence-electron chi connectivity index (χ1n) is 8.27. The van der Waals surface area contributed by atoms with Crippen LogP contribution in [0.1, 0.15) is 5.56 Å². The van der Waals surface area contributed by atoms with Crippen LogP contribution in [0, 0.1) is 23.5 Å². The van der Waals surface area contributed by atoms with E-state index in [9.17, 15) is 17.2 Å². The van der Waals surface area contributed by atoms with Gasteiger partial charge in [0.05, 0.1) is 12.3 Å². The molecule has 0 bridgehead atoms. The van der Waals surface area contributed by atoms with Crippen LogP contribution in [0.5, 0.6) is 5.75 Å². The molecular weight excluding hydrogens is 386 g/mol. The van der Waals surface area contributed by atoms with Crippen molar-refractivity contribution in [1.82, 2.24) is 9.71 Å². The third kappa shape index (κ3) is 5.49. The summed E-state index contributed by atoms with van der Waals surface area (Å²) in [4.78, 5) is 4.26. The molecule has 0 amide bonds. The van der Waals surface area contributed by atoms with Gasteiger partial charge in [0.1, 0.15) is 29.5 Å². The van der Waals surface area contributed by atoms with Gasteiger partial charge in [0.25, 0.3) is 0 Å². The molecule has 0 fully saturated rings. The van der Waals surface area contributed by atoms with E-state index in [0.29, 0.717) is 11.8 Å². The number of hydrogen-bond donors (Lipinski definition) is 1. The predicted molar refractivity (Wildman–Crippen MR) is 102 cm³/mol. The summed E-state index contributed by atoms with van der Waals surface area (Å²) in [5.41, 5.74) is 0.736. The topological polar surface area (TPSA) is 68.3 Å². The van der Waals surface area contributed by atoms with Gasteiger partial charge in [0.15, 0.2) is 0 Å². The van der Waals surface area contributed by atoms with Crippen LogP contribution in [0.3, 0.4) is 0 Å². The molecule has 0 unspecified atom stereocenters. The Bertz CT molecular complexity index is 1130. The second-order valence-electron chi connectivity index (χ2n) is 5.83. The molecule has 0 aliphatic rings. The van der Waals surface area contributed by atoms with Crippen molar-refractivity contribution in [2.24, 2.45) is 0 Å². The van der Waals surface area contributed by atoms with Crippen LogP contribution in [-0.2, 0) is 15.8 Å². The van der Waals surface area contributed by atoms with E-state index in [-0.39, 0.29) is 18.7 Å². The van der Waals surface area contributed by atoms with Crippen LogP contribution in [0.15, 0.2) is 54.7 Å². The van der Waals surface area contributed by atoms with E-state index >= 15 is 0 Å². The zero-order chi connectivity index (χ0) is 20.0. The third-order valence-corrected chi connectivity index (χ3v) is 4.98. The molecule has 2 aromatic carbocycles. The van der Waals surface area contributed by atoms with Gasteiger partial charge in [-0.05, 0) is 29.8 Å². The number of rotatable bonds is 6. The van der Waals surface area contributed by atoms with E-state index in [1.807, 2.05) is 24.3 Å². The molecule has 0 saturated heterocycles. The fourth-order valence-electron chi connectivity index (χ4n) is 2.53. The Morgan fingerprint density at radius 2 is 1.79 bits per heavy atom. The van der Waals surface area contributed by atoms with Gasteiger partial charge in [-0.2, -0.15) is 0 Å². The molecular formula is C20H16F2N2O3S. The first kappa shape index (κ1) is 19.7. The van der Waals surface area contributed by atoms with Crippen molar-refractivity contribution in [3.05, 3.63) is 71.9 Å². The highest BCUT2D eigenvalue weighted by molar-refractivity contribution is 7.88. The summed E-state index contributed by atoms with van der Waals surface area (Å²) >= 11 is 0. The number of nitrogens with zero attached hydrogens (tertiary/aromatic N) is 1. The summed E-state index contributed by atoms with van der Waals surface area (Å²) in [6, 6.07) is 11.9. The van der Waals surface area contributed by atoms with E-state index in [4.69, 9.17) is 4.74 Å². The van der Waals surface area contributed by atoms with Crippen LogP contribution in [0.4, 0.5) is 8.78 Å². The van der Waals surface area contributed by atoms with Crippen LogP contribution in [0.25, 0.3) is 10.9 Å². The van der Waals surface area contributed by atoms with Crippen LogP contribution < -0.4 is 9.46 Å². The number of fused-ring (bicyclic) bond motifs is 1. The Balaban J connectivity index is 1.52. The van der Waals surface area contributed by atoms with Crippen molar-refractivity contribution in [3.63, 3.8) is 0 Å². The van der Waals surface area contributed by atoms with Gasteiger partial charge in [-0.25, -0.2) is 21.9 Å². The van der Waals surface area contributed by atoms with Crippen LogP contribution in [0.2, 0.25) is 0 Å². The number of sulfonamides is 1. The Morgan fingerprint density at radius 3 is 2.57 bits per heavy atom. The third-order valence-electron chi connectivity index (χ3n) is 3.68. The average Bonchev–Trinajstić information content (AvgIpc) is 2.63.